The van der Waals surface area contributed by atoms with Gasteiger partial charge in [-0.15, -0.1) is 0 Å². The lowest BCUT2D eigenvalue weighted by Gasteiger charge is -2.38. The zero-order valence-corrected chi connectivity index (χ0v) is 8.68. The normalized spacial score (nSPS) is 31.4. The minimum atomic E-state index is -0.810. The van der Waals surface area contributed by atoms with Gasteiger partial charge in [-0.25, -0.2) is 0 Å². The van der Waals surface area contributed by atoms with Crippen LogP contribution in [0, 0.1) is 11.8 Å². The lowest BCUT2D eigenvalue weighted by Crippen LogP contribution is -2.55. The van der Waals surface area contributed by atoms with Gasteiger partial charge in [-0.05, 0) is 13.3 Å². The first kappa shape index (κ1) is 10.4. The van der Waals surface area contributed by atoms with Gasteiger partial charge in [0.05, 0.1) is 17.9 Å². The van der Waals surface area contributed by atoms with Crippen LogP contribution in [0.1, 0.15) is 13.3 Å². The monoisotopic (exact) mass is 213 g/mol. The van der Waals surface area contributed by atoms with Crippen LogP contribution in [0.15, 0.2) is 0 Å². The quantitative estimate of drug-likeness (QED) is 0.698. The van der Waals surface area contributed by atoms with Crippen molar-refractivity contribution in [1.82, 2.24) is 4.90 Å². The van der Waals surface area contributed by atoms with Crippen molar-refractivity contribution in [3.63, 3.8) is 0 Å². The first-order chi connectivity index (χ1) is 7.09. The van der Waals surface area contributed by atoms with Gasteiger partial charge in [0.1, 0.15) is 0 Å². The molecular formula is C10H15NO4. The summed E-state index contributed by atoms with van der Waals surface area (Å²) >= 11 is 0. The van der Waals surface area contributed by atoms with Crippen molar-refractivity contribution in [2.45, 2.75) is 19.4 Å². The van der Waals surface area contributed by atoms with Crippen LogP contribution in [0.5, 0.6) is 0 Å². The number of ether oxygens (including phenoxy) is 1. The lowest BCUT2D eigenvalue weighted by atomic mass is 9.94. The molecule has 15 heavy (non-hydrogen) atoms. The number of rotatable bonds is 2. The summed E-state index contributed by atoms with van der Waals surface area (Å²) in [7, 11) is 0. The number of nitrogens with zero attached hydrogens (tertiary/aromatic N) is 1. The highest BCUT2D eigenvalue weighted by molar-refractivity contribution is 5.83. The van der Waals surface area contributed by atoms with Crippen LogP contribution in [-0.4, -0.2) is 47.7 Å². The van der Waals surface area contributed by atoms with Crippen molar-refractivity contribution < 1.29 is 19.4 Å². The summed E-state index contributed by atoms with van der Waals surface area (Å²) in [5.74, 6) is -1.20. The van der Waals surface area contributed by atoms with Crippen LogP contribution in [-0.2, 0) is 14.3 Å². The average Bonchev–Trinajstić information content (AvgIpc) is 2.47. The zero-order chi connectivity index (χ0) is 11.0. The number of amides is 1. The second-order valence-electron chi connectivity index (χ2n) is 4.25. The van der Waals surface area contributed by atoms with E-state index in [-0.39, 0.29) is 23.8 Å². The Labute approximate surface area is 88.0 Å². The predicted molar refractivity (Wildman–Crippen MR) is 51.2 cm³/mol. The van der Waals surface area contributed by atoms with Crippen LogP contribution in [0.4, 0.5) is 0 Å². The summed E-state index contributed by atoms with van der Waals surface area (Å²) < 4.78 is 5.32. The number of carboxylic acids is 1. The van der Waals surface area contributed by atoms with Gasteiger partial charge in [-0.3, -0.25) is 9.59 Å². The van der Waals surface area contributed by atoms with E-state index in [1.807, 2.05) is 6.92 Å². The lowest BCUT2D eigenvalue weighted by molar-refractivity contribution is -0.155. The SMILES string of the molecule is CC1OCCC1C(=O)N1CC(C(=O)O)C1. The van der Waals surface area contributed by atoms with E-state index in [0.717, 1.165) is 6.42 Å². The second-order valence-corrected chi connectivity index (χ2v) is 4.25. The minimum absolute atomic E-state index is 0.0265. The molecule has 84 valence electrons. The predicted octanol–water partition coefficient (Wildman–Crippen LogP) is -0.0456. The molecule has 5 heteroatoms. The highest BCUT2D eigenvalue weighted by atomic mass is 16.5. The van der Waals surface area contributed by atoms with Gasteiger partial charge in [-0.2, -0.15) is 0 Å². The summed E-state index contributed by atoms with van der Waals surface area (Å²) in [4.78, 5) is 24.1. The summed E-state index contributed by atoms with van der Waals surface area (Å²) in [5, 5.41) is 8.69. The molecule has 0 saturated carbocycles. The van der Waals surface area contributed by atoms with E-state index in [1.54, 1.807) is 4.90 Å². The van der Waals surface area contributed by atoms with Gasteiger partial charge >= 0.3 is 5.97 Å². The molecule has 0 bridgehead atoms. The smallest absolute Gasteiger partial charge is 0.310 e. The second kappa shape index (κ2) is 3.81. The van der Waals surface area contributed by atoms with Crippen molar-refractivity contribution >= 4 is 11.9 Å². The maximum atomic E-state index is 11.9. The van der Waals surface area contributed by atoms with Crippen LogP contribution < -0.4 is 0 Å². The van der Waals surface area contributed by atoms with Crippen LogP contribution in [0.2, 0.25) is 0 Å². The van der Waals surface area contributed by atoms with Gasteiger partial charge in [0.2, 0.25) is 5.91 Å². The molecule has 2 unspecified atom stereocenters. The van der Waals surface area contributed by atoms with Crippen LogP contribution in [0.25, 0.3) is 0 Å². The number of hydrogen-bond acceptors (Lipinski definition) is 3. The topological polar surface area (TPSA) is 66.8 Å². The standard InChI is InChI=1S/C10H15NO4/c1-6-8(2-3-15-6)9(12)11-4-7(5-11)10(13)14/h6-8H,2-5H2,1H3,(H,13,14). The molecule has 0 radical (unpaired) electrons. The van der Waals surface area contributed by atoms with E-state index in [4.69, 9.17) is 9.84 Å². The molecule has 0 aliphatic carbocycles. The Hall–Kier alpha value is -1.10. The van der Waals surface area contributed by atoms with E-state index in [2.05, 4.69) is 0 Å². The molecule has 2 aliphatic rings. The molecular weight excluding hydrogens is 198 g/mol. The van der Waals surface area contributed by atoms with E-state index >= 15 is 0 Å². The van der Waals surface area contributed by atoms with Crippen LogP contribution >= 0.6 is 0 Å². The molecule has 0 aromatic carbocycles. The molecule has 2 saturated heterocycles. The summed E-state index contributed by atoms with van der Waals surface area (Å²) in [6.45, 7) is 3.24. The highest BCUT2D eigenvalue weighted by Gasteiger charge is 2.41. The average molecular weight is 213 g/mol. The van der Waals surface area contributed by atoms with Gasteiger partial charge in [0.25, 0.3) is 0 Å². The van der Waals surface area contributed by atoms with E-state index in [9.17, 15) is 9.59 Å². The Morgan fingerprint density at radius 3 is 2.53 bits per heavy atom. The van der Waals surface area contributed by atoms with Gasteiger partial charge in [0, 0.05) is 19.7 Å². The molecule has 2 rings (SSSR count). The number of carbonyl (C=O) groups excluding carboxylic acids is 1. The molecule has 0 aromatic rings. The van der Waals surface area contributed by atoms with E-state index in [1.165, 1.54) is 0 Å². The zero-order valence-electron chi connectivity index (χ0n) is 8.68. The highest BCUT2D eigenvalue weighted by Crippen LogP contribution is 2.26. The molecule has 2 atom stereocenters. The van der Waals surface area contributed by atoms with Crippen molar-refractivity contribution in [3.05, 3.63) is 0 Å². The summed E-state index contributed by atoms with van der Waals surface area (Å²) in [6, 6.07) is 0. The maximum Gasteiger partial charge on any atom is 0.310 e. The Kier molecular flexibility index (Phi) is 2.65. The first-order valence-electron chi connectivity index (χ1n) is 5.23. The summed E-state index contributed by atoms with van der Waals surface area (Å²) in [6.07, 6.45) is 0.732. The Bertz CT molecular complexity index is 285. The Morgan fingerprint density at radius 1 is 1.40 bits per heavy atom. The number of carbonyl (C=O) groups is 2. The molecule has 5 nitrogen and oxygen atoms in total. The number of carboxylic acid groups (broad SMARTS) is 1. The number of aliphatic carboxylic acids is 1. The third-order valence-corrected chi connectivity index (χ3v) is 3.24. The Balaban J connectivity index is 1.86. The van der Waals surface area contributed by atoms with Crippen molar-refractivity contribution in [1.29, 1.82) is 0 Å². The van der Waals surface area contributed by atoms with Crippen molar-refractivity contribution in [2.75, 3.05) is 19.7 Å². The molecule has 0 aromatic heterocycles. The van der Waals surface area contributed by atoms with Crippen LogP contribution in [0.3, 0.4) is 0 Å². The van der Waals surface area contributed by atoms with Gasteiger partial charge < -0.3 is 14.7 Å². The van der Waals surface area contributed by atoms with Gasteiger partial charge in [0.15, 0.2) is 0 Å². The largest absolute Gasteiger partial charge is 0.481 e. The fourth-order valence-electron chi connectivity index (χ4n) is 2.11. The van der Waals surface area contributed by atoms with E-state index < -0.39 is 5.97 Å². The van der Waals surface area contributed by atoms with Crippen molar-refractivity contribution in [2.24, 2.45) is 11.8 Å². The molecule has 1 N–H and O–H groups in total. The fourth-order valence-corrected chi connectivity index (χ4v) is 2.11. The Morgan fingerprint density at radius 2 is 2.07 bits per heavy atom. The van der Waals surface area contributed by atoms with Crippen molar-refractivity contribution in [3.8, 4) is 0 Å². The molecule has 2 heterocycles. The fraction of sp³-hybridized carbons (Fsp3) is 0.800. The van der Waals surface area contributed by atoms with E-state index in [0.29, 0.717) is 19.7 Å². The number of hydrogen-bond donors (Lipinski definition) is 1. The molecule has 2 fully saturated rings. The molecule has 2 aliphatic heterocycles. The van der Waals surface area contributed by atoms with Gasteiger partial charge in [-0.1, -0.05) is 0 Å². The minimum Gasteiger partial charge on any atom is -0.481 e. The summed E-state index contributed by atoms with van der Waals surface area (Å²) in [5.41, 5.74) is 0. The molecule has 0 spiro atoms. The first-order valence-corrected chi connectivity index (χ1v) is 5.23. The number of likely N-dealkylation sites (tertiary alicyclic amines) is 1. The third-order valence-electron chi connectivity index (χ3n) is 3.24. The third kappa shape index (κ3) is 1.84. The molecule has 1 amide bonds. The maximum absolute atomic E-state index is 11.9.